The van der Waals surface area contributed by atoms with E-state index in [2.05, 4.69) is 6.58 Å². The van der Waals surface area contributed by atoms with Gasteiger partial charge < -0.3 is 9.47 Å². The van der Waals surface area contributed by atoms with Gasteiger partial charge in [-0.2, -0.15) is 0 Å². The first-order valence-electron chi connectivity index (χ1n) is 5.39. The number of hydrogen-bond acceptors (Lipinski definition) is 4. The molecule has 5 heteroatoms. The molecule has 0 aromatic carbocycles. The normalized spacial score (nSPS) is 14.1. The first kappa shape index (κ1) is 16.4. The number of ether oxygens (including phenoxy) is 2. The molecule has 1 fully saturated rings. The third-order valence-corrected chi connectivity index (χ3v) is 2.13. The number of carbonyl (C=O) groups excluding carboxylic acids is 2. The van der Waals surface area contributed by atoms with Crippen LogP contribution in [0.25, 0.3) is 0 Å². The first-order chi connectivity index (χ1) is 7.78. The minimum Gasteiger partial charge on any atom is -0.462 e. The number of rotatable bonds is 3. The van der Waals surface area contributed by atoms with Crippen molar-refractivity contribution in [1.82, 2.24) is 0 Å². The van der Waals surface area contributed by atoms with Gasteiger partial charge in [-0.1, -0.05) is 29.2 Å². The van der Waals surface area contributed by atoms with Gasteiger partial charge in [-0.05, 0) is 33.6 Å². The highest BCUT2D eigenvalue weighted by Gasteiger charge is 2.25. The molecule has 0 atom stereocenters. The molecule has 0 spiro atoms. The molecule has 0 radical (unpaired) electrons. The van der Waals surface area contributed by atoms with Crippen molar-refractivity contribution in [2.75, 3.05) is 4.43 Å². The number of alkyl halides is 1. The Morgan fingerprint density at radius 3 is 2.18 bits per heavy atom. The van der Waals surface area contributed by atoms with Gasteiger partial charge in [0.2, 0.25) is 0 Å². The maximum atomic E-state index is 10.5. The molecule has 0 saturated heterocycles. The Morgan fingerprint density at radius 1 is 1.41 bits per heavy atom. The summed E-state index contributed by atoms with van der Waals surface area (Å²) in [7, 11) is 0. The Morgan fingerprint density at radius 2 is 1.94 bits per heavy atom. The van der Waals surface area contributed by atoms with Crippen LogP contribution in [0.2, 0.25) is 0 Å². The van der Waals surface area contributed by atoms with E-state index in [0.29, 0.717) is 4.43 Å². The van der Waals surface area contributed by atoms with Crippen LogP contribution in [0.1, 0.15) is 33.6 Å². The van der Waals surface area contributed by atoms with Gasteiger partial charge in [0.25, 0.3) is 0 Å². The largest absolute Gasteiger partial charge is 0.462 e. The van der Waals surface area contributed by atoms with E-state index in [1.54, 1.807) is 0 Å². The van der Waals surface area contributed by atoms with Crippen molar-refractivity contribution < 1.29 is 19.1 Å². The molecular formula is C12H19IO4. The first-order valence-corrected chi connectivity index (χ1v) is 6.92. The summed E-state index contributed by atoms with van der Waals surface area (Å²) in [4.78, 5) is 20.9. The van der Waals surface area contributed by atoms with Gasteiger partial charge >= 0.3 is 11.9 Å². The second-order valence-electron chi connectivity index (χ2n) is 4.56. The summed E-state index contributed by atoms with van der Waals surface area (Å²) in [6.45, 7) is 8.71. The molecule has 0 amide bonds. The molecule has 0 aromatic heterocycles. The van der Waals surface area contributed by atoms with E-state index in [0.717, 1.165) is 18.9 Å². The Bertz CT molecular complexity index is 277. The van der Waals surface area contributed by atoms with E-state index in [1.165, 1.54) is 0 Å². The molecule has 1 aliphatic carbocycles. The standard InChI is InChI=1S/C7H12O2.C5H7IO2/c1-5-6(8)9-7(2,3)4;6-3-5(7)8-4-1-2-4/h5H,1H2,2-4H3;4H,1-3H2. The van der Waals surface area contributed by atoms with Crippen LogP contribution in [0.3, 0.4) is 0 Å². The van der Waals surface area contributed by atoms with Crippen molar-refractivity contribution in [3.63, 3.8) is 0 Å². The molecule has 1 aliphatic rings. The Hall–Kier alpha value is -0.590. The SMILES string of the molecule is C=CC(=O)OC(C)(C)C.O=C(CI)OC1CC1. The molecule has 0 bridgehead atoms. The van der Waals surface area contributed by atoms with Crippen LogP contribution in [-0.2, 0) is 19.1 Å². The summed E-state index contributed by atoms with van der Waals surface area (Å²) in [5.41, 5.74) is -0.398. The lowest BCUT2D eigenvalue weighted by molar-refractivity contribution is -0.148. The molecule has 0 unspecified atom stereocenters. The van der Waals surface area contributed by atoms with E-state index >= 15 is 0 Å². The van der Waals surface area contributed by atoms with Crippen molar-refractivity contribution in [1.29, 1.82) is 0 Å². The third kappa shape index (κ3) is 11.7. The summed E-state index contributed by atoms with van der Waals surface area (Å²) in [6.07, 6.45) is 3.58. The van der Waals surface area contributed by atoms with Crippen LogP contribution in [-0.4, -0.2) is 28.1 Å². The average molecular weight is 354 g/mol. The van der Waals surface area contributed by atoms with Crippen molar-refractivity contribution in [3.05, 3.63) is 12.7 Å². The molecule has 0 aromatic rings. The fourth-order valence-corrected chi connectivity index (χ4v) is 0.927. The van der Waals surface area contributed by atoms with Crippen molar-refractivity contribution in [2.24, 2.45) is 0 Å². The van der Waals surface area contributed by atoms with Crippen molar-refractivity contribution in [2.45, 2.75) is 45.3 Å². The minimum absolute atomic E-state index is 0.0758. The quantitative estimate of drug-likeness (QED) is 0.338. The number of halogens is 1. The minimum atomic E-state index is -0.398. The van der Waals surface area contributed by atoms with E-state index in [9.17, 15) is 9.59 Å². The van der Waals surface area contributed by atoms with Gasteiger partial charge in [-0.3, -0.25) is 4.79 Å². The lowest BCUT2D eigenvalue weighted by Crippen LogP contribution is -2.22. The van der Waals surface area contributed by atoms with Crippen molar-refractivity contribution >= 4 is 34.5 Å². The van der Waals surface area contributed by atoms with Crippen LogP contribution >= 0.6 is 22.6 Å². The van der Waals surface area contributed by atoms with E-state index < -0.39 is 5.60 Å². The number of esters is 2. The van der Waals surface area contributed by atoms with E-state index in [4.69, 9.17) is 9.47 Å². The third-order valence-electron chi connectivity index (χ3n) is 1.51. The van der Waals surface area contributed by atoms with Crippen LogP contribution in [0.5, 0.6) is 0 Å². The maximum absolute atomic E-state index is 10.5. The number of carbonyl (C=O) groups is 2. The molecule has 4 nitrogen and oxygen atoms in total. The highest BCUT2D eigenvalue weighted by atomic mass is 127. The molecule has 0 heterocycles. The second kappa shape index (κ2) is 7.68. The predicted octanol–water partition coefficient (Wildman–Crippen LogP) is 2.64. The fourth-order valence-electron chi connectivity index (χ4n) is 0.747. The molecule has 0 N–H and O–H groups in total. The lowest BCUT2D eigenvalue weighted by atomic mass is 10.2. The van der Waals surface area contributed by atoms with E-state index in [1.807, 2.05) is 43.4 Å². The van der Waals surface area contributed by atoms with Crippen LogP contribution < -0.4 is 0 Å². The monoisotopic (exact) mass is 354 g/mol. The zero-order chi connectivity index (χ0) is 13.5. The Kier molecular flexibility index (Phi) is 7.41. The molecular weight excluding hydrogens is 335 g/mol. The van der Waals surface area contributed by atoms with Gasteiger partial charge in [0.15, 0.2) is 0 Å². The van der Waals surface area contributed by atoms with Crippen molar-refractivity contribution in [3.8, 4) is 0 Å². The average Bonchev–Trinajstić information content (AvgIpc) is 3.00. The van der Waals surface area contributed by atoms with Gasteiger partial charge in [0.05, 0.1) is 4.43 Å². The van der Waals surface area contributed by atoms with Gasteiger partial charge in [0.1, 0.15) is 11.7 Å². The molecule has 98 valence electrons. The summed E-state index contributed by atoms with van der Waals surface area (Å²) >= 11 is 2.00. The summed E-state index contributed by atoms with van der Waals surface area (Å²) < 4.78 is 10.2. The van der Waals surface area contributed by atoms with Crippen LogP contribution in [0.4, 0.5) is 0 Å². The molecule has 0 aliphatic heterocycles. The molecule has 17 heavy (non-hydrogen) atoms. The predicted molar refractivity (Wildman–Crippen MR) is 74.0 cm³/mol. The summed E-state index contributed by atoms with van der Waals surface area (Å²) in [6, 6.07) is 0. The molecule has 1 rings (SSSR count). The van der Waals surface area contributed by atoms with Crippen LogP contribution in [0.15, 0.2) is 12.7 Å². The molecule has 1 saturated carbocycles. The van der Waals surface area contributed by atoms with E-state index in [-0.39, 0.29) is 18.0 Å². The highest BCUT2D eigenvalue weighted by molar-refractivity contribution is 14.1. The second-order valence-corrected chi connectivity index (χ2v) is 5.32. The Balaban J connectivity index is 0.000000302. The zero-order valence-electron chi connectivity index (χ0n) is 10.5. The smallest absolute Gasteiger partial charge is 0.330 e. The van der Waals surface area contributed by atoms with Gasteiger partial charge in [-0.15, -0.1) is 0 Å². The van der Waals surface area contributed by atoms with Crippen LogP contribution in [0, 0.1) is 0 Å². The van der Waals surface area contributed by atoms with Gasteiger partial charge in [-0.25, -0.2) is 4.79 Å². The summed E-state index contributed by atoms with van der Waals surface area (Å²) in [5.74, 6) is -0.449. The summed E-state index contributed by atoms with van der Waals surface area (Å²) in [5, 5.41) is 0. The highest BCUT2D eigenvalue weighted by Crippen LogP contribution is 2.23. The topological polar surface area (TPSA) is 52.6 Å². The Labute approximate surface area is 116 Å². The fraction of sp³-hybridized carbons (Fsp3) is 0.667. The van der Waals surface area contributed by atoms with Gasteiger partial charge in [0, 0.05) is 6.08 Å². The zero-order valence-corrected chi connectivity index (χ0v) is 12.7. The maximum Gasteiger partial charge on any atom is 0.330 e. The lowest BCUT2D eigenvalue weighted by Gasteiger charge is -2.17. The number of hydrogen-bond donors (Lipinski definition) is 0.